The van der Waals surface area contributed by atoms with Crippen molar-refractivity contribution >= 4 is 5.91 Å². The first-order valence-electron chi connectivity index (χ1n) is 11.6. The number of benzene rings is 3. The van der Waals surface area contributed by atoms with E-state index in [-0.39, 0.29) is 11.3 Å². The molecular formula is C28H30N2O2. The molecule has 0 aromatic heterocycles. The Hall–Kier alpha value is -3.11. The van der Waals surface area contributed by atoms with Gasteiger partial charge in [-0.2, -0.15) is 0 Å². The monoisotopic (exact) mass is 426 g/mol. The van der Waals surface area contributed by atoms with Crippen LogP contribution in [0.5, 0.6) is 11.5 Å². The van der Waals surface area contributed by atoms with Crippen molar-refractivity contribution in [1.82, 2.24) is 4.90 Å². The highest BCUT2D eigenvalue weighted by Crippen LogP contribution is 2.47. The van der Waals surface area contributed by atoms with Crippen molar-refractivity contribution in [2.75, 3.05) is 6.54 Å². The quantitative estimate of drug-likeness (QED) is 0.553. The van der Waals surface area contributed by atoms with Crippen LogP contribution in [0.3, 0.4) is 0 Å². The summed E-state index contributed by atoms with van der Waals surface area (Å²) in [6.45, 7) is 2.00. The fourth-order valence-electron chi connectivity index (χ4n) is 5.59. The number of ether oxygens (including phenoxy) is 1. The number of piperidine rings is 1. The molecule has 2 atom stereocenters. The molecule has 1 amide bonds. The van der Waals surface area contributed by atoms with Crippen molar-refractivity contribution in [3.05, 3.63) is 95.6 Å². The van der Waals surface area contributed by atoms with E-state index in [4.69, 9.17) is 10.5 Å². The largest absolute Gasteiger partial charge is 0.457 e. The van der Waals surface area contributed by atoms with E-state index >= 15 is 0 Å². The Kier molecular flexibility index (Phi) is 5.71. The average molecular weight is 427 g/mol. The van der Waals surface area contributed by atoms with Gasteiger partial charge >= 0.3 is 0 Å². The molecule has 3 aromatic rings. The molecule has 2 N–H and O–H groups in total. The standard InChI is InChI=1S/C28H30N2O2/c29-27(31)22-8-5-9-23(18-22)28-14-6-10-24(19-28)30(16-15-28)20-21-7-4-13-26(17-21)32-25-11-2-1-3-12-25/h1-5,7-9,11-13,17-18,24H,6,10,14-16,19-20H2,(H2,29,31). The molecule has 2 fully saturated rings. The van der Waals surface area contributed by atoms with Crippen LogP contribution in [-0.4, -0.2) is 23.4 Å². The highest BCUT2D eigenvalue weighted by Gasteiger charge is 2.43. The van der Waals surface area contributed by atoms with Gasteiger partial charge in [0.1, 0.15) is 11.5 Å². The first-order valence-corrected chi connectivity index (χ1v) is 11.6. The van der Waals surface area contributed by atoms with Gasteiger partial charge in [-0.1, -0.05) is 48.9 Å². The predicted molar refractivity (Wildman–Crippen MR) is 127 cm³/mol. The Labute approximate surface area is 190 Å². The number of likely N-dealkylation sites (tertiary alicyclic amines) is 1. The first kappa shape index (κ1) is 20.8. The van der Waals surface area contributed by atoms with Gasteiger partial charge in [-0.05, 0) is 85.2 Å². The second-order valence-electron chi connectivity index (χ2n) is 9.26. The molecule has 32 heavy (non-hydrogen) atoms. The van der Waals surface area contributed by atoms with E-state index in [0.29, 0.717) is 11.6 Å². The second-order valence-corrected chi connectivity index (χ2v) is 9.26. The zero-order valence-electron chi connectivity index (χ0n) is 18.4. The van der Waals surface area contributed by atoms with Gasteiger partial charge in [0, 0.05) is 18.2 Å². The molecule has 164 valence electrons. The lowest BCUT2D eigenvalue weighted by Crippen LogP contribution is -2.51. The summed E-state index contributed by atoms with van der Waals surface area (Å²) in [5.41, 5.74) is 8.91. The van der Waals surface area contributed by atoms with Crippen LogP contribution in [0.1, 0.15) is 53.6 Å². The van der Waals surface area contributed by atoms with Gasteiger partial charge in [0.05, 0.1) is 0 Å². The zero-order valence-corrected chi connectivity index (χ0v) is 18.4. The summed E-state index contributed by atoms with van der Waals surface area (Å²) < 4.78 is 6.04. The molecule has 0 radical (unpaired) electrons. The number of hydrogen-bond acceptors (Lipinski definition) is 3. The average Bonchev–Trinajstić information content (AvgIpc) is 2.82. The van der Waals surface area contributed by atoms with Crippen LogP contribution < -0.4 is 10.5 Å². The minimum Gasteiger partial charge on any atom is -0.457 e. The third kappa shape index (κ3) is 4.28. The number of carbonyl (C=O) groups excluding carboxylic acids is 1. The number of nitrogens with zero attached hydrogens (tertiary/aromatic N) is 1. The minimum atomic E-state index is -0.342. The predicted octanol–water partition coefficient (Wildman–Crippen LogP) is 5.66. The summed E-state index contributed by atoms with van der Waals surface area (Å²) in [6, 6.07) is 27.0. The van der Waals surface area contributed by atoms with Gasteiger partial charge in [0.15, 0.2) is 0 Å². The van der Waals surface area contributed by atoms with E-state index in [1.165, 1.54) is 30.4 Å². The number of fused-ring (bicyclic) bond motifs is 2. The van der Waals surface area contributed by atoms with Crippen LogP contribution in [0.15, 0.2) is 78.9 Å². The lowest BCUT2D eigenvalue weighted by atomic mass is 9.63. The molecule has 0 spiro atoms. The van der Waals surface area contributed by atoms with Crippen molar-refractivity contribution in [2.24, 2.45) is 5.73 Å². The molecule has 2 aliphatic rings. The molecule has 1 aliphatic carbocycles. The Morgan fingerprint density at radius 3 is 2.62 bits per heavy atom. The van der Waals surface area contributed by atoms with Crippen LogP contribution in [0, 0.1) is 0 Å². The molecule has 2 unspecified atom stereocenters. The highest BCUT2D eigenvalue weighted by atomic mass is 16.5. The van der Waals surface area contributed by atoms with Gasteiger partial charge in [0.2, 0.25) is 5.91 Å². The van der Waals surface area contributed by atoms with E-state index in [9.17, 15) is 4.79 Å². The summed E-state index contributed by atoms with van der Waals surface area (Å²) in [7, 11) is 0. The van der Waals surface area contributed by atoms with Gasteiger partial charge in [-0.25, -0.2) is 0 Å². The van der Waals surface area contributed by atoms with E-state index in [1.54, 1.807) is 0 Å². The smallest absolute Gasteiger partial charge is 0.248 e. The molecule has 1 aliphatic heterocycles. The SMILES string of the molecule is NC(=O)c1cccc(C23CCCC(C2)N(Cc2cccc(Oc4ccccc4)c2)CC3)c1. The van der Waals surface area contributed by atoms with Crippen LogP contribution in [0.25, 0.3) is 0 Å². The van der Waals surface area contributed by atoms with E-state index < -0.39 is 0 Å². The Morgan fingerprint density at radius 1 is 0.969 bits per heavy atom. The normalized spacial score (nSPS) is 22.9. The molecular weight excluding hydrogens is 396 g/mol. The minimum absolute atomic E-state index is 0.170. The van der Waals surface area contributed by atoms with Crippen molar-refractivity contribution in [2.45, 2.75) is 50.1 Å². The second kappa shape index (κ2) is 8.79. The molecule has 3 aromatic carbocycles. The number of rotatable bonds is 6. The van der Waals surface area contributed by atoms with E-state index in [1.807, 2.05) is 54.6 Å². The van der Waals surface area contributed by atoms with Crippen LogP contribution in [0.4, 0.5) is 0 Å². The molecule has 1 heterocycles. The van der Waals surface area contributed by atoms with Crippen LogP contribution in [0.2, 0.25) is 0 Å². The van der Waals surface area contributed by atoms with Gasteiger partial charge in [-0.15, -0.1) is 0 Å². The lowest BCUT2D eigenvalue weighted by molar-refractivity contribution is 0.0458. The highest BCUT2D eigenvalue weighted by molar-refractivity contribution is 5.93. The molecule has 1 saturated heterocycles. The van der Waals surface area contributed by atoms with E-state index in [0.717, 1.165) is 37.4 Å². The fraction of sp³-hybridized carbons (Fsp3) is 0.321. The third-order valence-electron chi connectivity index (χ3n) is 7.24. The molecule has 1 saturated carbocycles. The van der Waals surface area contributed by atoms with Crippen molar-refractivity contribution in [3.8, 4) is 11.5 Å². The Morgan fingerprint density at radius 2 is 1.78 bits per heavy atom. The molecule has 4 nitrogen and oxygen atoms in total. The topological polar surface area (TPSA) is 55.6 Å². The first-order chi connectivity index (χ1) is 15.6. The van der Waals surface area contributed by atoms with Crippen molar-refractivity contribution < 1.29 is 9.53 Å². The number of nitrogens with two attached hydrogens (primary N) is 1. The fourth-order valence-corrected chi connectivity index (χ4v) is 5.59. The van der Waals surface area contributed by atoms with Crippen LogP contribution >= 0.6 is 0 Å². The van der Waals surface area contributed by atoms with Gasteiger partial charge in [0.25, 0.3) is 0 Å². The summed E-state index contributed by atoms with van der Waals surface area (Å²) >= 11 is 0. The van der Waals surface area contributed by atoms with Crippen LogP contribution in [-0.2, 0) is 12.0 Å². The van der Waals surface area contributed by atoms with Gasteiger partial charge in [-0.3, -0.25) is 9.69 Å². The third-order valence-corrected chi connectivity index (χ3v) is 7.24. The Bertz CT molecular complexity index is 1100. The maximum atomic E-state index is 11.7. The maximum Gasteiger partial charge on any atom is 0.248 e. The molecule has 5 rings (SSSR count). The number of hydrogen-bond donors (Lipinski definition) is 1. The molecule has 4 heteroatoms. The zero-order chi connectivity index (χ0) is 22.0. The summed E-state index contributed by atoms with van der Waals surface area (Å²) in [6.07, 6.45) is 5.91. The number of para-hydroxylation sites is 1. The van der Waals surface area contributed by atoms with Gasteiger partial charge < -0.3 is 10.5 Å². The summed E-state index contributed by atoms with van der Waals surface area (Å²) in [4.78, 5) is 14.3. The lowest BCUT2D eigenvalue weighted by Gasteiger charge is -2.51. The summed E-state index contributed by atoms with van der Waals surface area (Å²) in [5.74, 6) is 1.40. The Balaban J connectivity index is 1.30. The number of primary amides is 1. The van der Waals surface area contributed by atoms with E-state index in [2.05, 4.69) is 29.2 Å². The maximum absolute atomic E-state index is 11.7. The van der Waals surface area contributed by atoms with Crippen molar-refractivity contribution in [1.29, 1.82) is 0 Å². The number of amides is 1. The van der Waals surface area contributed by atoms with Crippen molar-refractivity contribution in [3.63, 3.8) is 0 Å². The number of carbonyl (C=O) groups is 1. The summed E-state index contributed by atoms with van der Waals surface area (Å²) in [5, 5.41) is 0. The molecule has 2 bridgehead atoms.